The average Bonchev–Trinajstić information content (AvgIpc) is 3.62. The summed E-state index contributed by atoms with van der Waals surface area (Å²) < 4.78 is 27.2. The highest BCUT2D eigenvalue weighted by Crippen LogP contribution is 2.44. The number of nitrogens with zero attached hydrogens (tertiary/aromatic N) is 2. The minimum atomic E-state index is -0.220. The van der Waals surface area contributed by atoms with Crippen LogP contribution in [0.4, 0.5) is 4.39 Å². The summed E-state index contributed by atoms with van der Waals surface area (Å²) in [5.41, 5.74) is 5.47. The van der Waals surface area contributed by atoms with Gasteiger partial charge in [0.05, 0.1) is 24.9 Å². The number of aryl methyl sites for hydroxylation is 2. The van der Waals surface area contributed by atoms with Crippen LogP contribution in [0, 0.1) is 5.82 Å². The van der Waals surface area contributed by atoms with Crippen molar-refractivity contribution in [2.75, 3.05) is 0 Å². The Balaban J connectivity index is 1.51. The lowest BCUT2D eigenvalue weighted by Gasteiger charge is -2.06. The molecule has 0 aliphatic rings. The largest absolute Gasteiger partial charge is 0.206 e. The van der Waals surface area contributed by atoms with Crippen molar-refractivity contribution in [3.05, 3.63) is 42.7 Å². The zero-order chi connectivity index (χ0) is 26.9. The van der Waals surface area contributed by atoms with Crippen molar-refractivity contribution >= 4 is 77.3 Å². The molecule has 0 N–H and O–H groups in total. The molecule has 38 heavy (non-hydrogen) atoms. The molecule has 8 heteroatoms. The van der Waals surface area contributed by atoms with E-state index in [4.69, 9.17) is 0 Å². The van der Waals surface area contributed by atoms with Gasteiger partial charge in [0.1, 0.15) is 16.9 Å². The molecule has 0 fully saturated rings. The lowest BCUT2D eigenvalue weighted by molar-refractivity contribution is 0.607. The van der Waals surface area contributed by atoms with E-state index in [2.05, 4.69) is 66.6 Å². The van der Waals surface area contributed by atoms with Crippen LogP contribution < -0.4 is 0 Å². The molecule has 0 unspecified atom stereocenters. The molecule has 3 heterocycles. The van der Waals surface area contributed by atoms with Gasteiger partial charge in [0, 0.05) is 15.3 Å². The molecule has 0 atom stereocenters. The van der Waals surface area contributed by atoms with Gasteiger partial charge in [-0.1, -0.05) is 78.1 Å². The van der Waals surface area contributed by atoms with Gasteiger partial charge < -0.3 is 0 Å². The molecule has 206 valence electrons. The number of hydrogen-bond acceptors (Lipinski definition) is 5. The highest BCUT2D eigenvalue weighted by atomic mass is 79.9. The van der Waals surface area contributed by atoms with Crippen LogP contribution in [0.1, 0.15) is 102 Å². The number of rotatable bonds is 16. The van der Waals surface area contributed by atoms with Gasteiger partial charge in [0.2, 0.25) is 0 Å². The van der Waals surface area contributed by atoms with Crippen molar-refractivity contribution in [2.24, 2.45) is 0 Å². The lowest BCUT2D eigenvalue weighted by atomic mass is 10.0. The van der Waals surface area contributed by atoms with Gasteiger partial charge >= 0.3 is 0 Å². The second-order valence-electron chi connectivity index (χ2n) is 10.1. The predicted octanol–water partition coefficient (Wildman–Crippen LogP) is 12.6. The topological polar surface area (TPSA) is 25.8 Å². The van der Waals surface area contributed by atoms with E-state index in [0.29, 0.717) is 11.1 Å². The van der Waals surface area contributed by atoms with E-state index in [1.807, 2.05) is 0 Å². The predicted molar refractivity (Wildman–Crippen MR) is 174 cm³/mol. The third-order valence-corrected chi connectivity index (χ3v) is 11.6. The number of halogens is 3. The van der Waals surface area contributed by atoms with Crippen LogP contribution in [0.2, 0.25) is 0 Å². The van der Waals surface area contributed by atoms with E-state index >= 15 is 4.39 Å². The third-order valence-electron chi connectivity index (χ3n) is 7.12. The highest BCUT2D eigenvalue weighted by molar-refractivity contribution is 9.11. The van der Waals surface area contributed by atoms with E-state index in [0.717, 1.165) is 41.2 Å². The fraction of sp³-hybridized carbons (Fsp3) is 0.533. The zero-order valence-electron chi connectivity index (χ0n) is 22.4. The van der Waals surface area contributed by atoms with Crippen molar-refractivity contribution in [1.82, 2.24) is 8.75 Å². The van der Waals surface area contributed by atoms with Gasteiger partial charge in [-0.05, 0) is 86.9 Å². The molecule has 4 rings (SSSR count). The quantitative estimate of drug-likeness (QED) is 0.109. The van der Waals surface area contributed by atoms with Crippen molar-refractivity contribution < 1.29 is 4.39 Å². The number of hydrogen-bond donors (Lipinski definition) is 0. The van der Waals surface area contributed by atoms with Gasteiger partial charge in [-0.2, -0.15) is 8.75 Å². The summed E-state index contributed by atoms with van der Waals surface area (Å²) in [6, 6.07) is 6.04. The monoisotopic (exact) mass is 698 g/mol. The Hall–Kier alpha value is -0.670. The van der Waals surface area contributed by atoms with E-state index in [1.165, 1.54) is 99.9 Å². The first-order valence-electron chi connectivity index (χ1n) is 14.0. The summed E-state index contributed by atoms with van der Waals surface area (Å²) in [5.74, 6) is -0.220. The molecule has 0 radical (unpaired) electrons. The standard InChI is InChI=1S/C30H37Br2FN2S3/c1-3-5-7-9-11-13-15-20-17-24(36-29(20)31)22-19-23(33)26(28-27(22)34-38-35-28)25-18-21(30(32)37-25)16-14-12-10-8-6-4-2/h17-19H,3-16H2,1-2H3. The Bertz CT molecular complexity index is 1310. The number of benzene rings is 1. The van der Waals surface area contributed by atoms with Crippen molar-refractivity contribution in [3.63, 3.8) is 0 Å². The third kappa shape index (κ3) is 7.74. The van der Waals surface area contributed by atoms with Gasteiger partial charge in [0.15, 0.2) is 0 Å². The fourth-order valence-corrected chi connectivity index (χ4v) is 9.11. The van der Waals surface area contributed by atoms with Crippen molar-refractivity contribution in [3.8, 4) is 20.9 Å². The highest BCUT2D eigenvalue weighted by Gasteiger charge is 2.22. The lowest BCUT2D eigenvalue weighted by Crippen LogP contribution is -1.89. The van der Waals surface area contributed by atoms with Crippen LogP contribution in [0.25, 0.3) is 31.9 Å². The number of aromatic nitrogens is 2. The summed E-state index contributed by atoms with van der Waals surface area (Å²) in [7, 11) is 0. The van der Waals surface area contributed by atoms with Crippen molar-refractivity contribution in [2.45, 2.75) is 104 Å². The molecule has 0 aliphatic heterocycles. The first-order chi connectivity index (χ1) is 18.5. The number of thiophene rings is 2. The molecule has 3 aromatic heterocycles. The van der Waals surface area contributed by atoms with Crippen molar-refractivity contribution in [1.29, 1.82) is 0 Å². The van der Waals surface area contributed by atoms with Gasteiger partial charge in [-0.25, -0.2) is 4.39 Å². The summed E-state index contributed by atoms with van der Waals surface area (Å²) in [4.78, 5) is 1.98. The molecule has 0 spiro atoms. The normalized spacial score (nSPS) is 11.7. The summed E-state index contributed by atoms with van der Waals surface area (Å²) in [6.07, 6.45) is 17.4. The molecule has 0 aliphatic carbocycles. The molecule has 4 aromatic rings. The first kappa shape index (κ1) is 30.3. The Labute approximate surface area is 256 Å². The minimum Gasteiger partial charge on any atom is -0.206 e. The van der Waals surface area contributed by atoms with Crippen LogP contribution in [0.3, 0.4) is 0 Å². The maximum atomic E-state index is 15.8. The minimum absolute atomic E-state index is 0.220. The van der Waals surface area contributed by atoms with E-state index in [-0.39, 0.29) is 5.82 Å². The van der Waals surface area contributed by atoms with Crippen LogP contribution in [-0.4, -0.2) is 8.75 Å². The van der Waals surface area contributed by atoms with Gasteiger partial charge in [-0.3, -0.25) is 0 Å². The summed E-state index contributed by atoms with van der Waals surface area (Å²) in [6.45, 7) is 4.50. The second kappa shape index (κ2) is 15.4. The zero-order valence-corrected chi connectivity index (χ0v) is 28.0. The molecule has 0 bridgehead atoms. The van der Waals surface area contributed by atoms with Crippen LogP contribution in [0.15, 0.2) is 25.8 Å². The molecule has 0 amide bonds. The van der Waals surface area contributed by atoms with Crippen LogP contribution >= 0.6 is 66.3 Å². The van der Waals surface area contributed by atoms with E-state index in [1.54, 1.807) is 28.7 Å². The SMILES string of the molecule is CCCCCCCCc1cc(-c2cc(F)c(-c3cc(CCCCCCCC)c(Br)s3)c3nsnc23)sc1Br. The van der Waals surface area contributed by atoms with Crippen LogP contribution in [0.5, 0.6) is 0 Å². The molecule has 1 aromatic carbocycles. The van der Waals surface area contributed by atoms with E-state index in [9.17, 15) is 0 Å². The first-order valence-corrected chi connectivity index (χ1v) is 18.0. The van der Waals surface area contributed by atoms with E-state index < -0.39 is 0 Å². The summed E-state index contributed by atoms with van der Waals surface area (Å²) in [5, 5.41) is 0. The second-order valence-corrected chi connectivity index (χ2v) is 15.4. The molecular weight excluding hydrogens is 663 g/mol. The van der Waals surface area contributed by atoms with Gasteiger partial charge in [0.25, 0.3) is 0 Å². The Morgan fingerprint density at radius 1 is 0.658 bits per heavy atom. The van der Waals surface area contributed by atoms with Gasteiger partial charge in [-0.15, -0.1) is 22.7 Å². The smallest absolute Gasteiger partial charge is 0.134 e. The average molecular weight is 701 g/mol. The number of unbranched alkanes of at least 4 members (excludes halogenated alkanes) is 10. The number of fused-ring (bicyclic) bond motifs is 1. The Morgan fingerprint density at radius 2 is 1.16 bits per heavy atom. The Morgan fingerprint density at radius 3 is 1.76 bits per heavy atom. The maximum absolute atomic E-state index is 15.8. The Kier molecular flexibility index (Phi) is 12.2. The maximum Gasteiger partial charge on any atom is 0.134 e. The molecule has 2 nitrogen and oxygen atoms in total. The molecular formula is C30H37Br2FN2S3. The molecule has 0 saturated carbocycles. The van der Waals surface area contributed by atoms with Crippen LogP contribution in [-0.2, 0) is 12.8 Å². The fourth-order valence-electron chi connectivity index (χ4n) is 4.93. The molecule has 0 saturated heterocycles. The summed E-state index contributed by atoms with van der Waals surface area (Å²) >= 11 is 12.0.